The van der Waals surface area contributed by atoms with E-state index in [0.717, 1.165) is 55.6 Å². The fourth-order valence-electron chi connectivity index (χ4n) is 3.78. The minimum Gasteiger partial charge on any atom is -0.465 e. The normalized spacial score (nSPS) is 20.8. The third-order valence-corrected chi connectivity index (χ3v) is 5.35. The SMILES string of the molecule is CCOC(=O)CN1CCC(CC2CC(c3ccc(C(C)=N)cc3)=NO2)CC1. The number of likely N-dealkylation sites (tertiary alicyclic amines) is 1. The summed E-state index contributed by atoms with van der Waals surface area (Å²) in [4.78, 5) is 19.5. The Morgan fingerprint density at radius 3 is 2.63 bits per heavy atom. The van der Waals surface area contributed by atoms with E-state index in [1.807, 2.05) is 31.2 Å². The van der Waals surface area contributed by atoms with Gasteiger partial charge in [-0.15, -0.1) is 0 Å². The van der Waals surface area contributed by atoms with E-state index in [1.54, 1.807) is 6.92 Å². The maximum atomic E-state index is 11.6. The van der Waals surface area contributed by atoms with Crippen LogP contribution in [0.1, 0.15) is 50.7 Å². The van der Waals surface area contributed by atoms with E-state index in [1.165, 1.54) is 0 Å². The Bertz CT molecular complexity index is 691. The molecule has 2 heterocycles. The van der Waals surface area contributed by atoms with Crippen molar-refractivity contribution in [3.05, 3.63) is 35.4 Å². The number of esters is 1. The summed E-state index contributed by atoms with van der Waals surface area (Å²) in [6.45, 7) is 6.35. The number of carbonyl (C=O) groups excluding carboxylic acids is 1. The Labute approximate surface area is 161 Å². The van der Waals surface area contributed by atoms with E-state index >= 15 is 0 Å². The van der Waals surface area contributed by atoms with E-state index < -0.39 is 0 Å². The molecule has 0 amide bonds. The van der Waals surface area contributed by atoms with Gasteiger partial charge in [0.2, 0.25) is 0 Å². The predicted molar refractivity (Wildman–Crippen MR) is 105 cm³/mol. The summed E-state index contributed by atoms with van der Waals surface area (Å²) in [6, 6.07) is 7.97. The molecule has 0 radical (unpaired) electrons. The molecule has 6 heteroatoms. The van der Waals surface area contributed by atoms with Crippen LogP contribution in [-0.4, -0.2) is 54.6 Å². The van der Waals surface area contributed by atoms with Crippen LogP contribution < -0.4 is 0 Å². The van der Waals surface area contributed by atoms with Gasteiger partial charge in [-0.1, -0.05) is 29.4 Å². The summed E-state index contributed by atoms with van der Waals surface area (Å²) in [7, 11) is 0. The molecule has 1 aromatic carbocycles. The molecule has 1 N–H and O–H groups in total. The van der Waals surface area contributed by atoms with Crippen molar-refractivity contribution < 1.29 is 14.4 Å². The molecule has 0 spiro atoms. The van der Waals surface area contributed by atoms with E-state index in [-0.39, 0.29) is 12.1 Å². The summed E-state index contributed by atoms with van der Waals surface area (Å²) in [5.41, 5.74) is 3.57. The zero-order chi connectivity index (χ0) is 19.2. The van der Waals surface area contributed by atoms with Gasteiger partial charge in [0, 0.05) is 12.1 Å². The lowest BCUT2D eigenvalue weighted by Crippen LogP contribution is -2.38. The maximum Gasteiger partial charge on any atom is 0.320 e. The Balaban J connectivity index is 1.42. The Hall–Kier alpha value is -2.21. The Kier molecular flexibility index (Phi) is 6.61. The molecule has 1 unspecified atom stereocenters. The smallest absolute Gasteiger partial charge is 0.320 e. The fourth-order valence-corrected chi connectivity index (χ4v) is 3.78. The molecular formula is C21H29N3O3. The van der Waals surface area contributed by atoms with Gasteiger partial charge >= 0.3 is 5.97 Å². The fraction of sp³-hybridized carbons (Fsp3) is 0.571. The van der Waals surface area contributed by atoms with Crippen molar-refractivity contribution in [2.75, 3.05) is 26.2 Å². The number of nitrogens with zero attached hydrogens (tertiary/aromatic N) is 2. The molecule has 1 saturated heterocycles. The van der Waals surface area contributed by atoms with Gasteiger partial charge in [-0.2, -0.15) is 0 Å². The molecule has 6 nitrogen and oxygen atoms in total. The number of nitrogens with one attached hydrogen (secondary N) is 1. The van der Waals surface area contributed by atoms with E-state index in [9.17, 15) is 4.79 Å². The second-order valence-corrected chi connectivity index (χ2v) is 7.43. The van der Waals surface area contributed by atoms with Crippen molar-refractivity contribution in [1.82, 2.24) is 4.90 Å². The lowest BCUT2D eigenvalue weighted by atomic mass is 9.89. The lowest BCUT2D eigenvalue weighted by Gasteiger charge is -2.31. The van der Waals surface area contributed by atoms with Crippen LogP contribution in [0.15, 0.2) is 29.4 Å². The highest BCUT2D eigenvalue weighted by molar-refractivity contribution is 6.02. The molecule has 3 rings (SSSR count). The van der Waals surface area contributed by atoms with Crippen molar-refractivity contribution >= 4 is 17.4 Å². The van der Waals surface area contributed by atoms with Crippen LogP contribution in [0.5, 0.6) is 0 Å². The highest BCUT2D eigenvalue weighted by atomic mass is 16.6. The Morgan fingerprint density at radius 1 is 1.30 bits per heavy atom. The van der Waals surface area contributed by atoms with E-state index in [0.29, 0.717) is 24.8 Å². The zero-order valence-corrected chi connectivity index (χ0v) is 16.2. The van der Waals surface area contributed by atoms with Crippen LogP contribution in [0, 0.1) is 11.3 Å². The first-order valence-corrected chi connectivity index (χ1v) is 9.81. The molecule has 1 aromatic rings. The molecule has 2 aliphatic rings. The monoisotopic (exact) mass is 371 g/mol. The third-order valence-electron chi connectivity index (χ3n) is 5.35. The molecule has 1 atom stereocenters. The lowest BCUT2D eigenvalue weighted by molar-refractivity contribution is -0.144. The van der Waals surface area contributed by atoms with Crippen molar-refractivity contribution in [3.8, 4) is 0 Å². The Morgan fingerprint density at radius 2 is 2.00 bits per heavy atom. The van der Waals surface area contributed by atoms with Gasteiger partial charge in [0.05, 0.1) is 18.9 Å². The van der Waals surface area contributed by atoms with E-state index in [2.05, 4.69) is 10.1 Å². The van der Waals surface area contributed by atoms with Crippen LogP contribution >= 0.6 is 0 Å². The topological polar surface area (TPSA) is 75.0 Å². The van der Waals surface area contributed by atoms with Gasteiger partial charge in [0.1, 0.15) is 6.10 Å². The number of oxime groups is 1. The van der Waals surface area contributed by atoms with Crippen LogP contribution in [0.25, 0.3) is 0 Å². The molecular weight excluding hydrogens is 342 g/mol. The molecule has 27 heavy (non-hydrogen) atoms. The molecule has 0 bridgehead atoms. The average Bonchev–Trinajstić information content (AvgIpc) is 3.12. The number of hydrogen-bond acceptors (Lipinski definition) is 6. The second-order valence-electron chi connectivity index (χ2n) is 7.43. The van der Waals surface area contributed by atoms with Gasteiger partial charge in [0.25, 0.3) is 0 Å². The quantitative estimate of drug-likeness (QED) is 0.590. The molecule has 0 aliphatic carbocycles. The van der Waals surface area contributed by atoms with Gasteiger partial charge in [-0.3, -0.25) is 9.69 Å². The van der Waals surface area contributed by atoms with Crippen molar-refractivity contribution in [2.45, 2.75) is 45.6 Å². The third kappa shape index (κ3) is 5.39. The van der Waals surface area contributed by atoms with Crippen molar-refractivity contribution in [2.24, 2.45) is 11.1 Å². The number of carbonyl (C=O) groups is 1. The number of piperidine rings is 1. The molecule has 1 fully saturated rings. The van der Waals surface area contributed by atoms with Gasteiger partial charge in [-0.25, -0.2) is 0 Å². The first-order valence-electron chi connectivity index (χ1n) is 9.81. The number of hydrogen-bond donors (Lipinski definition) is 1. The largest absolute Gasteiger partial charge is 0.465 e. The molecule has 146 valence electrons. The van der Waals surface area contributed by atoms with Crippen LogP contribution in [-0.2, 0) is 14.4 Å². The average molecular weight is 371 g/mol. The standard InChI is InChI=1S/C21H29N3O3/c1-3-26-21(25)14-24-10-8-16(9-11-24)12-19-13-20(23-27-19)18-6-4-17(5-7-18)15(2)22/h4-7,16,19,22H,3,8-14H2,1-2H3. The van der Waals surface area contributed by atoms with Crippen LogP contribution in [0.4, 0.5) is 0 Å². The summed E-state index contributed by atoms with van der Waals surface area (Å²) in [6.07, 6.45) is 4.17. The van der Waals surface area contributed by atoms with E-state index in [4.69, 9.17) is 15.0 Å². The minimum atomic E-state index is -0.127. The van der Waals surface area contributed by atoms with Crippen molar-refractivity contribution in [3.63, 3.8) is 0 Å². The highest BCUT2D eigenvalue weighted by Gasteiger charge is 2.28. The van der Waals surface area contributed by atoms with Gasteiger partial charge in [-0.05, 0) is 63.2 Å². The number of ether oxygens (including phenoxy) is 1. The van der Waals surface area contributed by atoms with Crippen LogP contribution in [0.3, 0.4) is 0 Å². The van der Waals surface area contributed by atoms with Gasteiger partial charge in [0.15, 0.2) is 0 Å². The maximum absolute atomic E-state index is 11.6. The number of benzene rings is 1. The first-order chi connectivity index (χ1) is 13.0. The molecule has 0 saturated carbocycles. The van der Waals surface area contributed by atoms with Gasteiger partial charge < -0.3 is 15.0 Å². The van der Waals surface area contributed by atoms with Crippen molar-refractivity contribution in [1.29, 1.82) is 5.41 Å². The highest BCUT2D eigenvalue weighted by Crippen LogP contribution is 2.28. The predicted octanol–water partition coefficient (Wildman–Crippen LogP) is 3.23. The second kappa shape index (κ2) is 9.13. The summed E-state index contributed by atoms with van der Waals surface area (Å²) in [5.74, 6) is 0.489. The summed E-state index contributed by atoms with van der Waals surface area (Å²) >= 11 is 0. The number of rotatable bonds is 7. The molecule has 0 aromatic heterocycles. The summed E-state index contributed by atoms with van der Waals surface area (Å²) in [5, 5.41) is 12.0. The zero-order valence-electron chi connectivity index (χ0n) is 16.2. The summed E-state index contributed by atoms with van der Waals surface area (Å²) < 4.78 is 5.03. The molecule has 2 aliphatic heterocycles. The first kappa shape index (κ1) is 19.5. The minimum absolute atomic E-state index is 0.127. The van der Waals surface area contributed by atoms with Crippen LogP contribution in [0.2, 0.25) is 0 Å².